The molecule has 1 aromatic carbocycles. The quantitative estimate of drug-likeness (QED) is 0.815. The van der Waals surface area contributed by atoms with E-state index in [9.17, 15) is 0 Å². The molecule has 80 valence electrons. The molecule has 2 rings (SSSR count). The van der Waals surface area contributed by atoms with Gasteiger partial charge in [-0.2, -0.15) is 5.26 Å². The molecule has 0 aliphatic rings. The van der Waals surface area contributed by atoms with Gasteiger partial charge in [0.2, 0.25) is 0 Å². The summed E-state index contributed by atoms with van der Waals surface area (Å²) < 4.78 is 2.00. The summed E-state index contributed by atoms with van der Waals surface area (Å²) in [7, 11) is 0. The van der Waals surface area contributed by atoms with Gasteiger partial charge in [-0.3, -0.25) is 0 Å². The monoisotopic (exact) mass is 231 g/mol. The van der Waals surface area contributed by atoms with E-state index in [1.54, 1.807) is 0 Å². The molecule has 2 aromatic rings. The molecule has 4 heteroatoms. The van der Waals surface area contributed by atoms with Gasteiger partial charge in [-0.15, -0.1) is 0 Å². The number of nitrogens with zero attached hydrogens (tertiary/aromatic N) is 3. The average molecular weight is 232 g/mol. The Balaban J connectivity index is 2.55. The van der Waals surface area contributed by atoms with E-state index in [1.165, 1.54) is 5.54 Å². The summed E-state index contributed by atoms with van der Waals surface area (Å²) in [6.07, 6.45) is 2.14. The molecular weight excluding hydrogens is 222 g/mol. The lowest BCUT2D eigenvalue weighted by atomic mass is 10.3. The fourth-order valence-corrected chi connectivity index (χ4v) is 1.76. The molecule has 0 saturated carbocycles. The van der Waals surface area contributed by atoms with E-state index in [0.717, 1.165) is 16.9 Å². The Labute approximate surface area is 98.6 Å². The second kappa shape index (κ2) is 4.82. The number of benzene rings is 1. The molecule has 0 saturated heterocycles. The van der Waals surface area contributed by atoms with E-state index in [-0.39, 0.29) is 0 Å². The van der Waals surface area contributed by atoms with Crippen LogP contribution >= 0.6 is 11.6 Å². The standard InChI is InChI=1S/C12H10ClN3/c13-7-3-9-16-11-5-2-1-4-10(11)15-12(16)6-8-14/h1-5,7H,6,9H2. The van der Waals surface area contributed by atoms with Crippen molar-refractivity contribution in [1.82, 2.24) is 9.55 Å². The molecule has 0 radical (unpaired) electrons. The molecule has 0 spiro atoms. The number of halogens is 1. The van der Waals surface area contributed by atoms with Crippen molar-refractivity contribution in [1.29, 1.82) is 5.26 Å². The van der Waals surface area contributed by atoms with Crippen LogP contribution in [0.25, 0.3) is 11.0 Å². The van der Waals surface area contributed by atoms with Crippen LogP contribution in [0.1, 0.15) is 5.82 Å². The van der Waals surface area contributed by atoms with Gasteiger partial charge in [0, 0.05) is 12.1 Å². The third kappa shape index (κ3) is 1.93. The van der Waals surface area contributed by atoms with Gasteiger partial charge < -0.3 is 4.57 Å². The molecule has 0 aliphatic carbocycles. The number of rotatable bonds is 3. The highest BCUT2D eigenvalue weighted by Crippen LogP contribution is 2.16. The first-order valence-electron chi connectivity index (χ1n) is 4.93. The average Bonchev–Trinajstić information content (AvgIpc) is 2.65. The molecule has 1 heterocycles. The van der Waals surface area contributed by atoms with Crippen molar-refractivity contribution in [2.75, 3.05) is 0 Å². The van der Waals surface area contributed by atoms with Gasteiger partial charge in [0.05, 0.1) is 23.5 Å². The van der Waals surface area contributed by atoms with Gasteiger partial charge in [0.25, 0.3) is 0 Å². The maximum Gasteiger partial charge on any atom is 0.124 e. The molecule has 0 atom stereocenters. The highest BCUT2D eigenvalue weighted by molar-refractivity contribution is 6.25. The van der Waals surface area contributed by atoms with Crippen LogP contribution in [0, 0.1) is 11.3 Å². The topological polar surface area (TPSA) is 41.6 Å². The lowest BCUT2D eigenvalue weighted by Crippen LogP contribution is -2.01. The molecule has 0 amide bonds. The normalized spacial score (nSPS) is 11.0. The van der Waals surface area contributed by atoms with Gasteiger partial charge in [-0.05, 0) is 12.1 Å². The van der Waals surface area contributed by atoms with Crippen LogP contribution in [0.15, 0.2) is 35.9 Å². The van der Waals surface area contributed by atoms with E-state index in [0.29, 0.717) is 13.0 Å². The number of nitriles is 1. The van der Waals surface area contributed by atoms with E-state index < -0.39 is 0 Å². The highest BCUT2D eigenvalue weighted by Gasteiger charge is 2.08. The fourth-order valence-electron chi connectivity index (χ4n) is 1.68. The number of fused-ring (bicyclic) bond motifs is 1. The van der Waals surface area contributed by atoms with Gasteiger partial charge >= 0.3 is 0 Å². The van der Waals surface area contributed by atoms with Gasteiger partial charge in [0.15, 0.2) is 0 Å². The van der Waals surface area contributed by atoms with Crippen LogP contribution in [-0.4, -0.2) is 9.55 Å². The van der Waals surface area contributed by atoms with E-state index in [4.69, 9.17) is 16.9 Å². The Kier molecular flexibility index (Phi) is 3.23. The molecule has 0 unspecified atom stereocenters. The lowest BCUT2D eigenvalue weighted by molar-refractivity contribution is 0.788. The minimum absolute atomic E-state index is 0.310. The van der Waals surface area contributed by atoms with Crippen LogP contribution in [-0.2, 0) is 13.0 Å². The Morgan fingerprint density at radius 2 is 2.25 bits per heavy atom. The second-order valence-corrected chi connectivity index (χ2v) is 3.58. The predicted octanol–water partition coefficient (Wildman–Crippen LogP) is 2.85. The van der Waals surface area contributed by atoms with Crippen LogP contribution in [0.5, 0.6) is 0 Å². The summed E-state index contributed by atoms with van der Waals surface area (Å²) in [4.78, 5) is 4.42. The fraction of sp³-hybridized carbons (Fsp3) is 0.167. The SMILES string of the molecule is N#CCc1nc2ccccc2n1CC=CCl. The lowest BCUT2D eigenvalue weighted by Gasteiger charge is -2.02. The Morgan fingerprint density at radius 3 is 3.00 bits per heavy atom. The number of aromatic nitrogens is 2. The van der Waals surface area contributed by atoms with Gasteiger partial charge in [-0.1, -0.05) is 29.8 Å². The van der Waals surface area contributed by atoms with Crippen molar-refractivity contribution in [2.24, 2.45) is 0 Å². The summed E-state index contributed by atoms with van der Waals surface area (Å²) in [5.74, 6) is 0.776. The number of para-hydroxylation sites is 2. The van der Waals surface area contributed by atoms with E-state index >= 15 is 0 Å². The van der Waals surface area contributed by atoms with E-state index in [2.05, 4.69) is 11.1 Å². The van der Waals surface area contributed by atoms with Crippen LogP contribution in [0.3, 0.4) is 0 Å². The molecule has 3 nitrogen and oxygen atoms in total. The summed E-state index contributed by atoms with van der Waals surface area (Å²) in [6, 6.07) is 9.95. The van der Waals surface area contributed by atoms with Crippen molar-refractivity contribution >= 4 is 22.6 Å². The summed E-state index contributed by atoms with van der Waals surface area (Å²) >= 11 is 5.52. The first-order chi connectivity index (χ1) is 7.86. The Morgan fingerprint density at radius 1 is 1.44 bits per heavy atom. The highest BCUT2D eigenvalue weighted by atomic mass is 35.5. The third-order valence-corrected chi connectivity index (χ3v) is 2.53. The van der Waals surface area contributed by atoms with Crippen molar-refractivity contribution in [3.63, 3.8) is 0 Å². The van der Waals surface area contributed by atoms with Gasteiger partial charge in [0.1, 0.15) is 5.82 Å². The maximum atomic E-state index is 8.75. The smallest absolute Gasteiger partial charge is 0.124 e. The van der Waals surface area contributed by atoms with Crippen LogP contribution in [0.2, 0.25) is 0 Å². The minimum Gasteiger partial charge on any atom is -0.323 e. The molecule has 0 N–H and O–H groups in total. The molecule has 0 fully saturated rings. The largest absolute Gasteiger partial charge is 0.323 e. The number of allylic oxidation sites excluding steroid dienone is 1. The molecule has 0 aliphatic heterocycles. The summed E-state index contributed by atoms with van der Waals surface area (Å²) in [5.41, 5.74) is 3.42. The third-order valence-electron chi connectivity index (χ3n) is 2.35. The number of imidazole rings is 1. The van der Waals surface area contributed by atoms with Crippen molar-refractivity contribution < 1.29 is 0 Å². The van der Waals surface area contributed by atoms with Crippen molar-refractivity contribution in [3.8, 4) is 6.07 Å². The van der Waals surface area contributed by atoms with Crippen LogP contribution in [0.4, 0.5) is 0 Å². The van der Waals surface area contributed by atoms with Crippen molar-refractivity contribution in [2.45, 2.75) is 13.0 Å². The maximum absolute atomic E-state index is 8.75. The zero-order valence-electron chi connectivity index (χ0n) is 8.60. The van der Waals surface area contributed by atoms with Gasteiger partial charge in [-0.25, -0.2) is 4.98 Å². The number of hydrogen-bond donors (Lipinski definition) is 0. The molecule has 1 aromatic heterocycles. The Hall–Kier alpha value is -1.79. The molecular formula is C12H10ClN3. The molecule has 0 bridgehead atoms. The van der Waals surface area contributed by atoms with E-state index in [1.807, 2.05) is 34.9 Å². The number of hydrogen-bond acceptors (Lipinski definition) is 2. The van der Waals surface area contributed by atoms with Crippen molar-refractivity contribution in [3.05, 3.63) is 41.7 Å². The van der Waals surface area contributed by atoms with Crippen LogP contribution < -0.4 is 0 Å². The Bertz CT molecular complexity index is 563. The summed E-state index contributed by atoms with van der Waals surface area (Å²) in [6.45, 7) is 0.640. The second-order valence-electron chi connectivity index (χ2n) is 3.32. The first kappa shape index (κ1) is 10.7. The zero-order valence-corrected chi connectivity index (χ0v) is 9.35. The summed E-state index contributed by atoms with van der Waals surface area (Å²) in [5, 5.41) is 8.75. The zero-order chi connectivity index (χ0) is 11.4. The molecule has 16 heavy (non-hydrogen) atoms. The minimum atomic E-state index is 0.310. The first-order valence-corrected chi connectivity index (χ1v) is 5.36. The predicted molar refractivity (Wildman–Crippen MR) is 64.0 cm³/mol.